The minimum Gasteiger partial charge on any atom is -0.482 e. The predicted octanol–water partition coefficient (Wildman–Crippen LogP) is 3.26. The van der Waals surface area contributed by atoms with E-state index in [-0.39, 0.29) is 12.6 Å². The van der Waals surface area contributed by atoms with Crippen molar-refractivity contribution in [3.05, 3.63) is 47.3 Å². The number of benzene rings is 1. The molecule has 0 aliphatic heterocycles. The quantitative estimate of drug-likeness (QED) is 0.190. The number of carboxylic acid groups (broad SMARTS) is 1. The number of aromatic nitrogens is 1. The molecule has 6 N–H and O–H groups in total. The molecule has 8 nitrogen and oxygen atoms in total. The number of aliphatic carboxylic acids is 1. The van der Waals surface area contributed by atoms with Gasteiger partial charge in [-0.15, -0.1) is 0 Å². The summed E-state index contributed by atoms with van der Waals surface area (Å²) in [4.78, 5) is 14.6. The zero-order chi connectivity index (χ0) is 23.3. The van der Waals surface area contributed by atoms with Crippen LogP contribution in [0.5, 0.6) is 5.75 Å². The molecule has 2 aromatic rings. The van der Waals surface area contributed by atoms with Gasteiger partial charge in [0.2, 0.25) is 0 Å². The first-order valence-corrected chi connectivity index (χ1v) is 11.3. The maximum atomic E-state index is 10.6. The number of nitrogens with one attached hydrogen (secondary N) is 1. The Bertz CT molecular complexity index is 871. The number of aryl methyl sites for hydroxylation is 1. The van der Waals surface area contributed by atoms with Crippen LogP contribution >= 0.6 is 0 Å². The Morgan fingerprint density at radius 2 is 1.72 bits per heavy atom. The van der Waals surface area contributed by atoms with E-state index in [1.54, 1.807) is 12.1 Å². The summed E-state index contributed by atoms with van der Waals surface area (Å²) in [5.74, 6) is -0.255. The largest absolute Gasteiger partial charge is 0.482 e. The lowest BCUT2D eigenvalue weighted by Crippen LogP contribution is -2.22. The highest BCUT2D eigenvalue weighted by molar-refractivity contribution is 5.75. The Morgan fingerprint density at radius 3 is 2.38 bits per heavy atom. The third kappa shape index (κ3) is 8.63. The summed E-state index contributed by atoms with van der Waals surface area (Å²) in [7, 11) is 0. The first kappa shape index (κ1) is 25.3. The van der Waals surface area contributed by atoms with E-state index in [9.17, 15) is 4.79 Å². The fourth-order valence-corrected chi connectivity index (χ4v) is 3.74. The van der Waals surface area contributed by atoms with E-state index in [1.165, 1.54) is 49.1 Å². The predicted molar refractivity (Wildman–Crippen MR) is 128 cm³/mol. The molecule has 0 aliphatic carbocycles. The van der Waals surface area contributed by atoms with Crippen molar-refractivity contribution >= 4 is 11.9 Å². The lowest BCUT2D eigenvalue weighted by Gasteiger charge is -2.11. The molecular weight excluding hydrogens is 406 g/mol. The minimum absolute atomic E-state index is 0.178. The van der Waals surface area contributed by atoms with Crippen molar-refractivity contribution in [3.63, 3.8) is 0 Å². The van der Waals surface area contributed by atoms with Crippen molar-refractivity contribution in [3.8, 4) is 11.4 Å². The first-order valence-electron chi connectivity index (χ1n) is 11.3. The molecule has 0 atom stereocenters. The fraction of sp³-hybridized carbons (Fsp3) is 0.500. The third-order valence-electron chi connectivity index (χ3n) is 5.36. The standard InChI is InChI=1S/C24H37N5O3/c1-18-15-20(16-27-13-7-5-3-4-6-8-14-28-24(25)26)19(2)29(18)21-9-11-22(12-10-21)32-17-23(30)31/h9-12,15,27H,3-8,13-14,16-17H2,1-2H3,(H,30,31)(H4,25,26,28). The van der Waals surface area contributed by atoms with Gasteiger partial charge in [-0.25, -0.2) is 4.79 Å². The van der Waals surface area contributed by atoms with E-state index in [0.29, 0.717) is 5.75 Å². The van der Waals surface area contributed by atoms with Gasteiger partial charge in [-0.05, 0) is 69.1 Å². The lowest BCUT2D eigenvalue weighted by molar-refractivity contribution is -0.139. The minimum atomic E-state index is -0.983. The number of hydrogen-bond acceptors (Lipinski definition) is 4. The van der Waals surface area contributed by atoms with Gasteiger partial charge in [0.1, 0.15) is 5.75 Å². The number of aliphatic imine (C=N–C) groups is 1. The topological polar surface area (TPSA) is 128 Å². The van der Waals surface area contributed by atoms with Crippen LogP contribution in [0.25, 0.3) is 5.69 Å². The SMILES string of the molecule is Cc1cc(CNCCCCCCCCN=C(N)N)c(C)n1-c1ccc(OCC(=O)O)cc1. The summed E-state index contributed by atoms with van der Waals surface area (Å²) in [6.07, 6.45) is 7.08. The van der Waals surface area contributed by atoms with Gasteiger partial charge in [0.25, 0.3) is 0 Å². The summed E-state index contributed by atoms with van der Waals surface area (Å²) in [5, 5.41) is 12.3. The Kier molecular flexibility index (Phi) is 10.6. The number of nitrogens with two attached hydrogens (primary N) is 2. The highest BCUT2D eigenvalue weighted by Crippen LogP contribution is 2.23. The molecule has 0 bridgehead atoms. The second kappa shape index (κ2) is 13.4. The molecular formula is C24H37N5O3. The molecule has 0 spiro atoms. The van der Waals surface area contributed by atoms with Crippen molar-refractivity contribution in [2.24, 2.45) is 16.5 Å². The maximum absolute atomic E-state index is 10.6. The zero-order valence-corrected chi connectivity index (χ0v) is 19.3. The third-order valence-corrected chi connectivity index (χ3v) is 5.36. The normalized spacial score (nSPS) is 10.8. The van der Waals surface area contributed by atoms with Gasteiger partial charge in [-0.1, -0.05) is 25.7 Å². The van der Waals surface area contributed by atoms with E-state index < -0.39 is 5.97 Å². The number of carbonyl (C=O) groups is 1. The smallest absolute Gasteiger partial charge is 0.341 e. The molecule has 176 valence electrons. The molecule has 0 saturated heterocycles. The van der Waals surface area contributed by atoms with Crippen LogP contribution in [0.3, 0.4) is 0 Å². The summed E-state index contributed by atoms with van der Waals surface area (Å²) < 4.78 is 7.43. The van der Waals surface area contributed by atoms with Gasteiger partial charge in [0, 0.05) is 30.2 Å². The second-order valence-corrected chi connectivity index (χ2v) is 8.01. The van der Waals surface area contributed by atoms with Crippen LogP contribution in [0.2, 0.25) is 0 Å². The molecule has 0 radical (unpaired) electrons. The molecule has 32 heavy (non-hydrogen) atoms. The number of rotatable bonds is 15. The number of nitrogens with zero attached hydrogens (tertiary/aromatic N) is 2. The molecule has 0 fully saturated rings. The monoisotopic (exact) mass is 443 g/mol. The molecule has 2 rings (SSSR count). The van der Waals surface area contributed by atoms with Crippen LogP contribution in [-0.4, -0.2) is 41.3 Å². The Balaban J connectivity index is 1.72. The fourth-order valence-electron chi connectivity index (χ4n) is 3.74. The van der Waals surface area contributed by atoms with Crippen molar-refractivity contribution < 1.29 is 14.6 Å². The number of ether oxygens (including phenoxy) is 1. The van der Waals surface area contributed by atoms with Crippen LogP contribution in [0.15, 0.2) is 35.3 Å². The molecule has 1 aromatic heterocycles. The van der Waals surface area contributed by atoms with E-state index >= 15 is 0 Å². The zero-order valence-electron chi connectivity index (χ0n) is 19.3. The molecule has 1 heterocycles. The van der Waals surface area contributed by atoms with E-state index in [1.807, 2.05) is 12.1 Å². The van der Waals surface area contributed by atoms with E-state index in [4.69, 9.17) is 21.3 Å². The van der Waals surface area contributed by atoms with Crippen LogP contribution in [0, 0.1) is 13.8 Å². The number of carboxylic acids is 1. The van der Waals surface area contributed by atoms with Crippen molar-refractivity contribution in [2.75, 3.05) is 19.7 Å². The number of unbranched alkanes of at least 4 members (excludes halogenated alkanes) is 5. The van der Waals surface area contributed by atoms with Crippen LogP contribution in [-0.2, 0) is 11.3 Å². The van der Waals surface area contributed by atoms with E-state index in [2.05, 4.69) is 34.8 Å². The molecule has 8 heteroatoms. The summed E-state index contributed by atoms with van der Waals surface area (Å²) in [6.45, 7) is 6.46. The molecule has 1 aromatic carbocycles. The van der Waals surface area contributed by atoms with Crippen molar-refractivity contribution in [1.82, 2.24) is 9.88 Å². The Morgan fingerprint density at radius 1 is 1.06 bits per heavy atom. The van der Waals surface area contributed by atoms with Gasteiger partial charge in [0.05, 0.1) is 0 Å². The Labute approximate surface area is 190 Å². The number of hydrogen-bond donors (Lipinski definition) is 4. The summed E-state index contributed by atoms with van der Waals surface area (Å²) in [6, 6.07) is 9.72. The molecule has 0 unspecified atom stereocenters. The maximum Gasteiger partial charge on any atom is 0.341 e. The van der Waals surface area contributed by atoms with Gasteiger partial charge in [-0.3, -0.25) is 4.99 Å². The van der Waals surface area contributed by atoms with Gasteiger partial charge >= 0.3 is 5.97 Å². The molecule has 0 aliphatic rings. The van der Waals surface area contributed by atoms with E-state index in [0.717, 1.165) is 31.7 Å². The number of guanidine groups is 1. The van der Waals surface area contributed by atoms with Crippen molar-refractivity contribution in [2.45, 2.75) is 58.9 Å². The van der Waals surface area contributed by atoms with Crippen molar-refractivity contribution in [1.29, 1.82) is 0 Å². The first-order chi connectivity index (χ1) is 15.4. The average Bonchev–Trinajstić information content (AvgIpc) is 3.03. The van der Waals surface area contributed by atoms with Crippen LogP contribution in [0.1, 0.15) is 55.5 Å². The van der Waals surface area contributed by atoms with Gasteiger partial charge < -0.3 is 31.2 Å². The van der Waals surface area contributed by atoms with Gasteiger partial charge in [0.15, 0.2) is 12.6 Å². The Hall–Kier alpha value is -3.00. The highest BCUT2D eigenvalue weighted by Gasteiger charge is 2.11. The molecule has 0 saturated carbocycles. The molecule has 0 amide bonds. The van der Waals surface area contributed by atoms with Gasteiger partial charge in [-0.2, -0.15) is 0 Å². The average molecular weight is 444 g/mol. The van der Waals surface area contributed by atoms with Crippen LogP contribution < -0.4 is 21.5 Å². The lowest BCUT2D eigenvalue weighted by atomic mass is 10.1. The second-order valence-electron chi connectivity index (χ2n) is 8.01. The summed E-state index contributed by atoms with van der Waals surface area (Å²) >= 11 is 0. The summed E-state index contributed by atoms with van der Waals surface area (Å²) in [5.41, 5.74) is 15.3. The van der Waals surface area contributed by atoms with Crippen LogP contribution in [0.4, 0.5) is 0 Å². The highest BCUT2D eigenvalue weighted by atomic mass is 16.5.